The second-order valence-electron chi connectivity index (χ2n) is 9.62. The molecule has 0 spiro atoms. The van der Waals surface area contributed by atoms with Crippen LogP contribution in [-0.2, 0) is 11.2 Å². The second-order valence-corrected chi connectivity index (χ2v) is 9.62. The van der Waals surface area contributed by atoms with Crippen LogP contribution in [0.2, 0.25) is 0 Å². The van der Waals surface area contributed by atoms with E-state index in [0.29, 0.717) is 0 Å². The first-order valence-electron chi connectivity index (χ1n) is 13.2. The molecule has 2 aromatic heterocycles. The number of carbonyl (C=O) groups is 1. The molecule has 0 aliphatic carbocycles. The number of nitrogens with zero attached hydrogens (tertiary/aromatic N) is 6. The van der Waals surface area contributed by atoms with Gasteiger partial charge in [-0.3, -0.25) is 14.8 Å². The van der Waals surface area contributed by atoms with Crippen LogP contribution in [0.3, 0.4) is 0 Å². The van der Waals surface area contributed by atoms with E-state index in [2.05, 4.69) is 36.1 Å². The third kappa shape index (κ3) is 5.68. The number of nitrogens with one attached hydrogen (secondary N) is 1. The van der Waals surface area contributed by atoms with Gasteiger partial charge in [0.2, 0.25) is 5.91 Å². The Bertz CT molecular complexity index is 1620. The van der Waals surface area contributed by atoms with Crippen molar-refractivity contribution < 1.29 is 9.53 Å². The lowest BCUT2D eigenvalue weighted by Gasteiger charge is -2.35. The number of rotatable bonds is 7. The monoisotopic (exact) mass is 531 g/mol. The Morgan fingerprint density at radius 3 is 2.35 bits per heavy atom. The summed E-state index contributed by atoms with van der Waals surface area (Å²) < 4.78 is 5.24. The van der Waals surface area contributed by atoms with Crippen LogP contribution >= 0.6 is 0 Å². The van der Waals surface area contributed by atoms with Crippen molar-refractivity contribution in [1.29, 1.82) is 0 Å². The van der Waals surface area contributed by atoms with Crippen LogP contribution in [0, 0.1) is 0 Å². The van der Waals surface area contributed by atoms with Crippen LogP contribution in [0.1, 0.15) is 5.56 Å². The van der Waals surface area contributed by atoms with Gasteiger partial charge in [0.05, 0.1) is 37.0 Å². The minimum absolute atomic E-state index is 0.0768. The molecule has 200 valence electrons. The highest BCUT2D eigenvalue weighted by atomic mass is 16.5. The number of benzene rings is 3. The molecule has 3 aromatic carbocycles. The predicted molar refractivity (Wildman–Crippen MR) is 157 cm³/mol. The zero-order valence-corrected chi connectivity index (χ0v) is 22.2. The van der Waals surface area contributed by atoms with Crippen molar-refractivity contribution in [2.75, 3.05) is 48.4 Å². The summed E-state index contributed by atoms with van der Waals surface area (Å²) in [6, 6.07) is 21.5. The third-order valence-electron chi connectivity index (χ3n) is 7.01. The highest BCUT2D eigenvalue weighted by Crippen LogP contribution is 2.26. The molecule has 1 N–H and O–H groups in total. The maximum atomic E-state index is 12.6. The summed E-state index contributed by atoms with van der Waals surface area (Å²) in [5, 5.41) is 2.98. The molecule has 1 aliphatic rings. The van der Waals surface area contributed by atoms with E-state index in [1.54, 1.807) is 25.7 Å². The van der Waals surface area contributed by atoms with E-state index in [9.17, 15) is 4.79 Å². The summed E-state index contributed by atoms with van der Waals surface area (Å²) in [4.78, 5) is 35.3. The Hall–Kier alpha value is -5.05. The molecule has 9 nitrogen and oxygen atoms in total. The zero-order valence-electron chi connectivity index (χ0n) is 22.2. The molecule has 5 aromatic rings. The minimum atomic E-state index is -0.0768. The molecule has 0 saturated carbocycles. The van der Waals surface area contributed by atoms with Gasteiger partial charge in [-0.05, 0) is 53.1 Å². The summed E-state index contributed by atoms with van der Waals surface area (Å²) in [5.41, 5.74) is 5.44. The van der Waals surface area contributed by atoms with Gasteiger partial charge in [-0.15, -0.1) is 0 Å². The molecular formula is C31H29N7O2. The molecule has 0 bridgehead atoms. The van der Waals surface area contributed by atoms with Gasteiger partial charge in [-0.2, -0.15) is 0 Å². The van der Waals surface area contributed by atoms with Crippen LogP contribution in [0.15, 0.2) is 91.5 Å². The Morgan fingerprint density at radius 2 is 1.60 bits per heavy atom. The van der Waals surface area contributed by atoms with E-state index in [4.69, 9.17) is 9.72 Å². The number of carbonyl (C=O) groups excluding carboxylic acids is 1. The number of ether oxygens (including phenoxy) is 1. The number of fused-ring (bicyclic) bond motifs is 1. The number of hydrogen-bond donors (Lipinski definition) is 1. The van der Waals surface area contributed by atoms with E-state index in [1.165, 1.54) is 0 Å². The van der Waals surface area contributed by atoms with E-state index >= 15 is 0 Å². The van der Waals surface area contributed by atoms with Gasteiger partial charge in [0, 0.05) is 44.3 Å². The summed E-state index contributed by atoms with van der Waals surface area (Å²) in [5.74, 6) is 2.44. The maximum Gasteiger partial charge on any atom is 0.228 e. The van der Waals surface area contributed by atoms with Crippen LogP contribution in [-0.4, -0.2) is 59.1 Å². The molecule has 1 aliphatic heterocycles. The molecule has 1 amide bonds. The van der Waals surface area contributed by atoms with Gasteiger partial charge in [0.25, 0.3) is 0 Å². The van der Waals surface area contributed by atoms with E-state index in [1.807, 2.05) is 66.9 Å². The van der Waals surface area contributed by atoms with E-state index < -0.39 is 0 Å². The first-order valence-corrected chi connectivity index (χ1v) is 13.2. The van der Waals surface area contributed by atoms with Crippen molar-refractivity contribution in [2.24, 2.45) is 0 Å². The standard InChI is InChI=1S/C31H29N7O2/c1-40-26-4-2-3-22(17-26)18-31(39)35-25-8-5-23(6-9-25)24-7-10-27-28(19-24)36-30(21-34-27)38-15-13-37(14-16-38)29-20-32-11-12-33-29/h2-12,17,19-21H,13-16,18H2,1H3,(H,35,39). The Labute approximate surface area is 232 Å². The highest BCUT2D eigenvalue weighted by Gasteiger charge is 2.20. The summed E-state index contributed by atoms with van der Waals surface area (Å²) in [7, 11) is 1.62. The number of anilines is 3. The number of methoxy groups -OCH3 is 1. The maximum absolute atomic E-state index is 12.6. The lowest BCUT2D eigenvalue weighted by molar-refractivity contribution is -0.115. The van der Waals surface area contributed by atoms with Crippen LogP contribution in [0.25, 0.3) is 22.2 Å². The predicted octanol–water partition coefficient (Wildman–Crippen LogP) is 4.60. The van der Waals surface area contributed by atoms with Gasteiger partial charge >= 0.3 is 0 Å². The fourth-order valence-corrected chi connectivity index (χ4v) is 4.87. The first-order chi connectivity index (χ1) is 19.6. The molecule has 1 saturated heterocycles. The number of piperazine rings is 1. The van der Waals surface area contributed by atoms with Crippen molar-refractivity contribution >= 4 is 34.3 Å². The molecule has 0 radical (unpaired) electrons. The fraction of sp³-hybridized carbons (Fsp3) is 0.194. The fourth-order valence-electron chi connectivity index (χ4n) is 4.87. The molecule has 9 heteroatoms. The molecular weight excluding hydrogens is 502 g/mol. The average molecular weight is 532 g/mol. The van der Waals surface area contributed by atoms with Gasteiger partial charge in [0.1, 0.15) is 17.4 Å². The van der Waals surface area contributed by atoms with Crippen LogP contribution in [0.4, 0.5) is 17.3 Å². The quantitative estimate of drug-likeness (QED) is 0.326. The number of aromatic nitrogens is 4. The van der Waals surface area contributed by atoms with Gasteiger partial charge in [0.15, 0.2) is 0 Å². The molecule has 40 heavy (non-hydrogen) atoms. The molecule has 6 rings (SSSR count). The highest BCUT2D eigenvalue weighted by molar-refractivity contribution is 5.92. The summed E-state index contributed by atoms with van der Waals surface area (Å²) in [6.45, 7) is 3.37. The average Bonchev–Trinajstić information content (AvgIpc) is 3.01. The van der Waals surface area contributed by atoms with Crippen molar-refractivity contribution in [3.63, 3.8) is 0 Å². The van der Waals surface area contributed by atoms with Gasteiger partial charge < -0.3 is 19.9 Å². The minimum Gasteiger partial charge on any atom is -0.497 e. The Morgan fingerprint density at radius 1 is 0.825 bits per heavy atom. The SMILES string of the molecule is COc1cccc(CC(=O)Nc2ccc(-c3ccc4ncc(N5CCN(c6cnccn6)CC5)nc4c3)cc2)c1. The summed E-state index contributed by atoms with van der Waals surface area (Å²) in [6.07, 6.45) is 7.34. The van der Waals surface area contributed by atoms with Gasteiger partial charge in [-0.1, -0.05) is 30.3 Å². The van der Waals surface area contributed by atoms with Crippen molar-refractivity contribution in [1.82, 2.24) is 19.9 Å². The largest absolute Gasteiger partial charge is 0.497 e. The van der Waals surface area contributed by atoms with Crippen molar-refractivity contribution in [2.45, 2.75) is 6.42 Å². The molecule has 0 atom stereocenters. The molecule has 1 fully saturated rings. The Kier molecular flexibility index (Phi) is 7.17. The Balaban J connectivity index is 1.12. The van der Waals surface area contributed by atoms with Gasteiger partial charge in [-0.25, -0.2) is 9.97 Å². The van der Waals surface area contributed by atoms with E-state index in [0.717, 1.165) is 77.0 Å². The molecule has 0 unspecified atom stereocenters. The zero-order chi connectivity index (χ0) is 27.3. The third-order valence-corrected chi connectivity index (χ3v) is 7.01. The second kappa shape index (κ2) is 11.4. The molecule has 3 heterocycles. The van der Waals surface area contributed by atoms with Crippen molar-refractivity contribution in [3.05, 3.63) is 97.1 Å². The smallest absolute Gasteiger partial charge is 0.228 e. The number of hydrogen-bond acceptors (Lipinski definition) is 8. The first kappa shape index (κ1) is 25.2. The lowest BCUT2D eigenvalue weighted by Crippen LogP contribution is -2.47. The van der Waals surface area contributed by atoms with E-state index in [-0.39, 0.29) is 12.3 Å². The van der Waals surface area contributed by atoms with Crippen molar-refractivity contribution in [3.8, 4) is 16.9 Å². The summed E-state index contributed by atoms with van der Waals surface area (Å²) >= 11 is 0. The topological polar surface area (TPSA) is 96.4 Å². The van der Waals surface area contributed by atoms with Crippen LogP contribution in [0.5, 0.6) is 5.75 Å². The van der Waals surface area contributed by atoms with Crippen LogP contribution < -0.4 is 19.9 Å². The normalized spacial score (nSPS) is 13.3. The number of amides is 1. The lowest BCUT2D eigenvalue weighted by atomic mass is 10.0.